The fourth-order valence-electron chi connectivity index (χ4n) is 7.74. The molecule has 20 N–H and O–H groups in total. The summed E-state index contributed by atoms with van der Waals surface area (Å²) in [4.78, 5) is 130. The SMILES string of the molecule is CCCC[C@H](NC(=O)[C@H](CC(C)C)NC(C)=O)C(=O)N[C@@H](CCCC)C(=O)N[C@@H](CC(C)C)C(=O)N[C@@H](CCCN=C(N)N)C(=O)N[C@H](C(=O)N[C@@H](CCCCN)C(=O)N[C@@H](CCCN=C(N)N)C(N)=O)C(C)C. The van der Waals surface area contributed by atoms with E-state index in [0.717, 1.165) is 0 Å². The zero-order valence-corrected chi connectivity index (χ0v) is 45.6. The predicted octanol–water partition coefficient (Wildman–Crippen LogP) is -1.27. The Hall–Kier alpha value is -6.27. The highest BCUT2D eigenvalue weighted by Gasteiger charge is 2.35. The quantitative estimate of drug-likeness (QED) is 0.0194. The number of nitrogens with zero attached hydrogens (tertiary/aromatic N) is 2. The van der Waals surface area contributed by atoms with E-state index in [2.05, 4.69) is 52.5 Å². The maximum Gasteiger partial charge on any atom is 0.243 e. The molecule has 0 heterocycles. The van der Waals surface area contributed by atoms with Crippen LogP contribution in [-0.4, -0.2) is 133 Å². The third kappa shape index (κ3) is 29.4. The van der Waals surface area contributed by atoms with Crippen molar-refractivity contribution in [1.29, 1.82) is 0 Å². The molecule has 0 aromatic heterocycles. The van der Waals surface area contributed by atoms with Gasteiger partial charge in [0.1, 0.15) is 48.3 Å². The van der Waals surface area contributed by atoms with Gasteiger partial charge in [0.25, 0.3) is 0 Å². The van der Waals surface area contributed by atoms with Gasteiger partial charge < -0.3 is 76.9 Å². The molecule has 0 radical (unpaired) electrons. The van der Waals surface area contributed by atoms with Crippen LogP contribution in [-0.2, 0) is 43.2 Å². The number of carbonyl (C=O) groups excluding carboxylic acids is 9. The van der Waals surface area contributed by atoms with Crippen molar-refractivity contribution in [2.24, 2.45) is 62.1 Å². The Balaban J connectivity index is 6.74. The van der Waals surface area contributed by atoms with Gasteiger partial charge in [-0.05, 0) is 94.9 Å². The van der Waals surface area contributed by atoms with E-state index in [0.29, 0.717) is 57.9 Å². The Morgan fingerprint density at radius 1 is 0.405 bits per heavy atom. The van der Waals surface area contributed by atoms with Crippen molar-refractivity contribution >= 4 is 65.1 Å². The molecule has 8 atom stereocenters. The van der Waals surface area contributed by atoms with Gasteiger partial charge in [-0.25, -0.2) is 0 Å². The number of hydrogen-bond donors (Lipinski definition) is 14. The molecule has 0 unspecified atom stereocenters. The molecule has 0 aliphatic rings. The lowest BCUT2D eigenvalue weighted by Crippen LogP contribution is -2.61. The Bertz CT molecular complexity index is 1840. The van der Waals surface area contributed by atoms with Crippen molar-refractivity contribution in [2.75, 3.05) is 19.6 Å². The minimum absolute atomic E-state index is 0.00897. The molecule has 9 amide bonds. The van der Waals surface area contributed by atoms with Gasteiger partial charge in [0.15, 0.2) is 11.9 Å². The van der Waals surface area contributed by atoms with E-state index >= 15 is 0 Å². The molecular weight excluding hydrogens is 957 g/mol. The number of carbonyl (C=O) groups is 9. The number of nitrogens with one attached hydrogen (secondary N) is 8. The number of hydrogen-bond acceptors (Lipinski definition) is 12. The van der Waals surface area contributed by atoms with Crippen LogP contribution in [0.25, 0.3) is 0 Å². The summed E-state index contributed by atoms with van der Waals surface area (Å²) >= 11 is 0. The number of rotatable bonds is 39. The summed E-state index contributed by atoms with van der Waals surface area (Å²) in [5, 5.41) is 21.9. The van der Waals surface area contributed by atoms with Crippen molar-refractivity contribution < 1.29 is 43.2 Å². The van der Waals surface area contributed by atoms with Gasteiger partial charge in [0, 0.05) is 20.0 Å². The van der Waals surface area contributed by atoms with Gasteiger partial charge in [-0.3, -0.25) is 53.1 Å². The highest BCUT2D eigenvalue weighted by Crippen LogP contribution is 2.13. The zero-order chi connectivity index (χ0) is 56.5. The van der Waals surface area contributed by atoms with Crippen LogP contribution < -0.4 is 76.9 Å². The van der Waals surface area contributed by atoms with Crippen molar-refractivity contribution in [2.45, 2.75) is 207 Å². The van der Waals surface area contributed by atoms with E-state index in [1.165, 1.54) is 6.92 Å². The average molecular weight is 1050 g/mol. The molecule has 0 aromatic rings. The Labute approximate surface area is 438 Å². The minimum Gasteiger partial charge on any atom is -0.370 e. The van der Waals surface area contributed by atoms with Gasteiger partial charge in [-0.15, -0.1) is 0 Å². The largest absolute Gasteiger partial charge is 0.370 e. The zero-order valence-electron chi connectivity index (χ0n) is 45.6. The highest BCUT2D eigenvalue weighted by molar-refractivity contribution is 5.98. The third-order valence-electron chi connectivity index (χ3n) is 11.7. The van der Waals surface area contributed by atoms with Gasteiger partial charge in [-0.2, -0.15) is 0 Å². The summed E-state index contributed by atoms with van der Waals surface area (Å²) in [5.41, 5.74) is 33.2. The van der Waals surface area contributed by atoms with E-state index in [1.54, 1.807) is 13.8 Å². The summed E-state index contributed by atoms with van der Waals surface area (Å²) in [5.74, 6) is -6.84. The lowest BCUT2D eigenvalue weighted by molar-refractivity contribution is -0.136. The highest BCUT2D eigenvalue weighted by atomic mass is 16.2. The molecule has 0 aliphatic heterocycles. The number of guanidine groups is 2. The smallest absolute Gasteiger partial charge is 0.243 e. The lowest BCUT2D eigenvalue weighted by Gasteiger charge is -2.29. The van der Waals surface area contributed by atoms with Crippen LogP contribution in [0.3, 0.4) is 0 Å². The molecule has 0 rings (SSSR count). The molecule has 0 aliphatic carbocycles. The van der Waals surface area contributed by atoms with Crippen molar-refractivity contribution in [1.82, 2.24) is 42.5 Å². The number of aliphatic imine (C=N–C) groups is 2. The van der Waals surface area contributed by atoms with E-state index in [9.17, 15) is 43.2 Å². The second-order valence-corrected chi connectivity index (χ2v) is 20.0. The Morgan fingerprint density at radius 3 is 1.08 bits per heavy atom. The molecule has 0 aromatic carbocycles. The first-order valence-electron chi connectivity index (χ1n) is 26.3. The first-order valence-corrected chi connectivity index (χ1v) is 26.3. The number of primary amides is 1. The Morgan fingerprint density at radius 2 is 0.730 bits per heavy atom. The van der Waals surface area contributed by atoms with Crippen LogP contribution in [0.5, 0.6) is 0 Å². The summed E-state index contributed by atoms with van der Waals surface area (Å²) in [6.45, 7) is 16.6. The van der Waals surface area contributed by atoms with Crippen LogP contribution in [0.2, 0.25) is 0 Å². The van der Waals surface area contributed by atoms with E-state index in [4.69, 9.17) is 34.4 Å². The molecule has 0 spiro atoms. The summed E-state index contributed by atoms with van der Waals surface area (Å²) in [7, 11) is 0. The predicted molar refractivity (Wildman–Crippen MR) is 286 cm³/mol. The summed E-state index contributed by atoms with van der Waals surface area (Å²) < 4.78 is 0. The molecule has 0 bridgehead atoms. The van der Waals surface area contributed by atoms with Crippen molar-refractivity contribution in [3.8, 4) is 0 Å². The van der Waals surface area contributed by atoms with Crippen LogP contribution in [0.1, 0.15) is 159 Å². The minimum atomic E-state index is -1.29. The van der Waals surface area contributed by atoms with Gasteiger partial charge >= 0.3 is 0 Å². The maximum atomic E-state index is 14.3. The normalized spacial score (nSPS) is 14.4. The number of amides is 9. The van der Waals surface area contributed by atoms with Gasteiger partial charge in [-0.1, -0.05) is 81.1 Å². The van der Waals surface area contributed by atoms with Gasteiger partial charge in [0.2, 0.25) is 53.2 Å². The molecular formula is C49H94N16O9. The van der Waals surface area contributed by atoms with E-state index < -0.39 is 107 Å². The van der Waals surface area contributed by atoms with Crippen LogP contribution >= 0.6 is 0 Å². The molecule has 25 heteroatoms. The van der Waals surface area contributed by atoms with Crippen LogP contribution in [0, 0.1) is 17.8 Å². The molecule has 0 fully saturated rings. The second-order valence-electron chi connectivity index (χ2n) is 20.0. The standard InChI is InChI=1S/C49H94N16O9/c1-10-12-18-33(61-45(72)37(26-28(3)4)58-31(9)66)42(69)60-34(19-13-11-2)43(70)64-38(27-29(5)6)46(73)62-36(22-17-25-57-49(54)55)44(71)65-39(30(7)8)47(74)63-35(20-14-15-23-50)41(68)59-32(40(51)67)21-16-24-56-48(52)53/h28-30,32-39H,10-27,50H2,1-9H3,(H2,51,67)(H,58,66)(H,59,68)(H,60,69)(H,61,72)(H,62,73)(H,63,74)(H,64,70)(H,65,71)(H4,52,53,56)(H4,54,55,57)/t32-,33-,34-,35-,36-,37-,38-,39-/m0/s1. The monoisotopic (exact) mass is 1050 g/mol. The molecule has 0 saturated carbocycles. The first kappa shape index (κ1) is 67.7. The lowest BCUT2D eigenvalue weighted by atomic mass is 9.99. The second kappa shape index (κ2) is 37.5. The number of unbranched alkanes of at least 4 members (excludes halogenated alkanes) is 3. The van der Waals surface area contributed by atoms with Gasteiger partial charge in [0.05, 0.1) is 0 Å². The number of nitrogens with two attached hydrogens (primary N) is 6. The summed E-state index contributed by atoms with van der Waals surface area (Å²) in [6, 6.07) is -9.01. The van der Waals surface area contributed by atoms with Crippen LogP contribution in [0.4, 0.5) is 0 Å². The fourth-order valence-corrected chi connectivity index (χ4v) is 7.74. The van der Waals surface area contributed by atoms with E-state index in [1.807, 2.05) is 41.5 Å². The van der Waals surface area contributed by atoms with E-state index in [-0.39, 0.29) is 81.8 Å². The maximum absolute atomic E-state index is 14.3. The average Bonchev–Trinajstić information content (AvgIpc) is 3.30. The van der Waals surface area contributed by atoms with Crippen molar-refractivity contribution in [3.05, 3.63) is 0 Å². The molecule has 424 valence electrons. The third-order valence-corrected chi connectivity index (χ3v) is 11.7. The molecule has 0 saturated heterocycles. The fraction of sp³-hybridized carbons (Fsp3) is 0.776. The molecule has 74 heavy (non-hydrogen) atoms. The topological polar surface area (TPSA) is 431 Å². The Kier molecular flexibility index (Phi) is 34.3. The van der Waals surface area contributed by atoms with Crippen molar-refractivity contribution in [3.63, 3.8) is 0 Å². The van der Waals surface area contributed by atoms with Crippen LogP contribution in [0.15, 0.2) is 9.98 Å². The summed E-state index contributed by atoms with van der Waals surface area (Å²) in [6.07, 6.45) is 5.14. The molecule has 25 nitrogen and oxygen atoms in total. The first-order chi connectivity index (χ1) is 34.8.